The molecule has 1 aliphatic rings. The Morgan fingerprint density at radius 1 is 1.42 bits per heavy atom. The van der Waals surface area contributed by atoms with Crippen molar-refractivity contribution in [2.45, 2.75) is 52.7 Å². The second-order valence-corrected chi connectivity index (χ2v) is 8.62. The van der Waals surface area contributed by atoms with E-state index in [0.717, 1.165) is 45.0 Å². The fourth-order valence-corrected chi connectivity index (χ4v) is 3.49. The van der Waals surface area contributed by atoms with Gasteiger partial charge >= 0.3 is 6.09 Å². The molecule has 1 atom stereocenters. The molecule has 0 saturated carbocycles. The zero-order chi connectivity index (χ0) is 19.0. The number of likely N-dealkylation sites (tertiary alicyclic amines) is 1. The van der Waals surface area contributed by atoms with Gasteiger partial charge in [0.2, 0.25) is 0 Å². The highest BCUT2D eigenvalue weighted by atomic mass is 32.1. The van der Waals surface area contributed by atoms with Gasteiger partial charge in [-0.1, -0.05) is 6.07 Å². The molecule has 0 radical (unpaired) electrons. The molecule has 0 aromatic carbocycles. The molecule has 1 unspecified atom stereocenters. The average molecular weight is 381 g/mol. The van der Waals surface area contributed by atoms with Crippen LogP contribution in [0.2, 0.25) is 0 Å². The number of carbonyl (C=O) groups is 1. The van der Waals surface area contributed by atoms with Crippen molar-refractivity contribution < 1.29 is 9.53 Å². The van der Waals surface area contributed by atoms with E-state index < -0.39 is 5.60 Å². The smallest absolute Gasteiger partial charge is 0.410 e. The molecule has 146 valence electrons. The Balaban J connectivity index is 1.83. The lowest BCUT2D eigenvalue weighted by Crippen LogP contribution is -2.47. The topological polar surface area (TPSA) is 66.0 Å². The molecule has 26 heavy (non-hydrogen) atoms. The number of thiophene rings is 1. The van der Waals surface area contributed by atoms with Gasteiger partial charge in [-0.25, -0.2) is 9.79 Å². The molecule has 2 N–H and O–H groups in total. The lowest BCUT2D eigenvalue weighted by molar-refractivity contribution is 0.0168. The first-order chi connectivity index (χ1) is 12.4. The molecule has 1 amide bonds. The van der Waals surface area contributed by atoms with Crippen LogP contribution in [0.1, 0.15) is 45.4 Å². The Morgan fingerprint density at radius 3 is 2.88 bits per heavy atom. The van der Waals surface area contributed by atoms with Crippen LogP contribution in [-0.4, -0.2) is 48.7 Å². The normalized spacial score (nSPS) is 18.5. The quantitative estimate of drug-likeness (QED) is 0.606. The summed E-state index contributed by atoms with van der Waals surface area (Å²) in [5.41, 5.74) is -0.449. The zero-order valence-electron chi connectivity index (χ0n) is 16.4. The summed E-state index contributed by atoms with van der Waals surface area (Å²) in [4.78, 5) is 20.0. The maximum Gasteiger partial charge on any atom is 0.410 e. The molecule has 7 heteroatoms. The molecular formula is C19H32N4O2S. The van der Waals surface area contributed by atoms with Crippen LogP contribution in [0.3, 0.4) is 0 Å². The summed E-state index contributed by atoms with van der Waals surface area (Å²) in [5.74, 6) is 1.23. The summed E-state index contributed by atoms with van der Waals surface area (Å²) in [5, 5.41) is 8.78. The summed E-state index contributed by atoms with van der Waals surface area (Å²) >= 11 is 1.72. The van der Waals surface area contributed by atoms with Crippen LogP contribution in [0.25, 0.3) is 0 Å². The molecule has 0 aliphatic carbocycles. The van der Waals surface area contributed by atoms with Crippen molar-refractivity contribution in [3.05, 3.63) is 22.4 Å². The predicted octanol–water partition coefficient (Wildman–Crippen LogP) is 3.45. The van der Waals surface area contributed by atoms with E-state index in [4.69, 9.17) is 4.74 Å². The van der Waals surface area contributed by atoms with E-state index in [2.05, 4.69) is 34.0 Å². The highest BCUT2D eigenvalue weighted by molar-refractivity contribution is 7.09. The molecule has 1 aromatic rings. The Labute approximate surface area is 161 Å². The number of aliphatic imine (C=N–C) groups is 1. The molecule has 6 nitrogen and oxygen atoms in total. The first kappa shape index (κ1) is 20.6. The minimum atomic E-state index is -0.449. The number of ether oxygens (including phenoxy) is 1. The third-order valence-corrected chi connectivity index (χ3v) is 4.91. The van der Waals surface area contributed by atoms with E-state index in [9.17, 15) is 4.79 Å². The summed E-state index contributed by atoms with van der Waals surface area (Å²) in [7, 11) is 0. The van der Waals surface area contributed by atoms with Crippen LogP contribution in [0.4, 0.5) is 4.79 Å². The van der Waals surface area contributed by atoms with E-state index in [1.807, 2.05) is 31.7 Å². The highest BCUT2D eigenvalue weighted by Crippen LogP contribution is 2.19. The first-order valence-corrected chi connectivity index (χ1v) is 10.3. The third-order valence-electron chi connectivity index (χ3n) is 4.05. The van der Waals surface area contributed by atoms with Crippen molar-refractivity contribution in [2.24, 2.45) is 10.9 Å². The highest BCUT2D eigenvalue weighted by Gasteiger charge is 2.27. The van der Waals surface area contributed by atoms with Gasteiger partial charge < -0.3 is 20.3 Å². The van der Waals surface area contributed by atoms with Crippen LogP contribution in [-0.2, 0) is 11.3 Å². The molecule has 2 rings (SSSR count). The van der Waals surface area contributed by atoms with Gasteiger partial charge in [-0.05, 0) is 57.9 Å². The van der Waals surface area contributed by atoms with Crippen molar-refractivity contribution in [1.29, 1.82) is 0 Å². The summed E-state index contributed by atoms with van der Waals surface area (Å²) in [6, 6.07) is 4.14. The van der Waals surface area contributed by atoms with Gasteiger partial charge in [0, 0.05) is 31.1 Å². The number of hydrogen-bond donors (Lipinski definition) is 2. The first-order valence-electron chi connectivity index (χ1n) is 9.40. The van der Waals surface area contributed by atoms with Crippen molar-refractivity contribution in [1.82, 2.24) is 15.5 Å². The van der Waals surface area contributed by atoms with Crippen LogP contribution < -0.4 is 10.6 Å². The van der Waals surface area contributed by atoms with E-state index in [-0.39, 0.29) is 6.09 Å². The number of carbonyl (C=O) groups excluding carboxylic acids is 1. The molecule has 2 heterocycles. The summed E-state index contributed by atoms with van der Waals surface area (Å²) in [6.07, 6.45) is 1.91. The fraction of sp³-hybridized carbons (Fsp3) is 0.684. The fourth-order valence-electron chi connectivity index (χ4n) is 2.87. The maximum absolute atomic E-state index is 12.3. The third kappa shape index (κ3) is 7.23. The van der Waals surface area contributed by atoms with E-state index in [1.54, 1.807) is 11.3 Å². The number of rotatable bonds is 5. The van der Waals surface area contributed by atoms with Crippen LogP contribution in [0.5, 0.6) is 0 Å². The molecule has 0 bridgehead atoms. The molecule has 1 fully saturated rings. The maximum atomic E-state index is 12.3. The van der Waals surface area contributed by atoms with Crippen molar-refractivity contribution in [2.75, 3.05) is 26.2 Å². The Kier molecular flexibility index (Phi) is 7.75. The van der Waals surface area contributed by atoms with Crippen molar-refractivity contribution in [3.63, 3.8) is 0 Å². The monoisotopic (exact) mass is 380 g/mol. The zero-order valence-corrected chi connectivity index (χ0v) is 17.2. The lowest BCUT2D eigenvalue weighted by atomic mass is 9.98. The van der Waals surface area contributed by atoms with Gasteiger partial charge in [-0.15, -0.1) is 11.3 Å². The molecular weight excluding hydrogens is 348 g/mol. The summed E-state index contributed by atoms with van der Waals surface area (Å²) < 4.78 is 5.50. The SMILES string of the molecule is CCNC(=NCc1cccs1)NCC1CCCN(C(=O)OC(C)(C)C)C1. The van der Waals surface area contributed by atoms with E-state index >= 15 is 0 Å². The van der Waals surface area contributed by atoms with Gasteiger partial charge in [0.1, 0.15) is 5.60 Å². The molecule has 1 aliphatic heterocycles. The van der Waals surface area contributed by atoms with Gasteiger partial charge in [-0.2, -0.15) is 0 Å². The molecule has 0 spiro atoms. The van der Waals surface area contributed by atoms with Gasteiger partial charge in [0.15, 0.2) is 5.96 Å². The van der Waals surface area contributed by atoms with Crippen LogP contribution in [0.15, 0.2) is 22.5 Å². The van der Waals surface area contributed by atoms with Crippen molar-refractivity contribution in [3.8, 4) is 0 Å². The Morgan fingerprint density at radius 2 is 2.23 bits per heavy atom. The molecule has 1 aromatic heterocycles. The van der Waals surface area contributed by atoms with E-state index in [0.29, 0.717) is 12.5 Å². The number of nitrogens with zero attached hydrogens (tertiary/aromatic N) is 2. The standard InChI is InChI=1S/C19H32N4O2S/c1-5-20-17(22-13-16-9-7-11-26-16)21-12-15-8-6-10-23(14-15)18(24)25-19(2,3)4/h7,9,11,15H,5-6,8,10,12-14H2,1-4H3,(H2,20,21,22). The minimum absolute atomic E-state index is 0.208. The second-order valence-electron chi connectivity index (χ2n) is 7.59. The average Bonchev–Trinajstić information content (AvgIpc) is 3.09. The van der Waals surface area contributed by atoms with Gasteiger partial charge in [-0.3, -0.25) is 0 Å². The number of piperidine rings is 1. The minimum Gasteiger partial charge on any atom is -0.444 e. The van der Waals surface area contributed by atoms with Crippen LogP contribution >= 0.6 is 11.3 Å². The van der Waals surface area contributed by atoms with E-state index in [1.165, 1.54) is 4.88 Å². The number of nitrogens with one attached hydrogen (secondary N) is 2. The summed E-state index contributed by atoms with van der Waals surface area (Å²) in [6.45, 7) is 11.6. The lowest BCUT2D eigenvalue weighted by Gasteiger charge is -2.34. The number of guanidine groups is 1. The second kappa shape index (κ2) is 9.80. The van der Waals surface area contributed by atoms with Crippen LogP contribution in [0, 0.1) is 5.92 Å². The predicted molar refractivity (Wildman–Crippen MR) is 108 cm³/mol. The number of amides is 1. The number of hydrogen-bond acceptors (Lipinski definition) is 4. The van der Waals surface area contributed by atoms with Gasteiger partial charge in [0.25, 0.3) is 0 Å². The largest absolute Gasteiger partial charge is 0.444 e. The van der Waals surface area contributed by atoms with Gasteiger partial charge in [0.05, 0.1) is 6.54 Å². The Hall–Kier alpha value is -1.76. The Bertz CT molecular complexity index is 581. The molecule has 1 saturated heterocycles. The van der Waals surface area contributed by atoms with Crippen molar-refractivity contribution >= 4 is 23.4 Å².